The van der Waals surface area contributed by atoms with E-state index in [-0.39, 0.29) is 22.8 Å². The van der Waals surface area contributed by atoms with Crippen LogP contribution in [-0.2, 0) is 0 Å². The second kappa shape index (κ2) is 6.12. The molecule has 6 nitrogen and oxygen atoms in total. The van der Waals surface area contributed by atoms with Gasteiger partial charge in [-0.25, -0.2) is 0 Å². The highest BCUT2D eigenvalue weighted by Gasteiger charge is 2.32. The fourth-order valence-electron chi connectivity index (χ4n) is 3.08. The first kappa shape index (κ1) is 16.6. The smallest absolute Gasteiger partial charge is 0.266 e. The van der Waals surface area contributed by atoms with Gasteiger partial charge < -0.3 is 8.83 Å². The molecule has 0 atom stereocenters. The molecule has 0 spiro atoms. The van der Waals surface area contributed by atoms with E-state index in [1.165, 1.54) is 6.08 Å². The fourth-order valence-corrected chi connectivity index (χ4v) is 3.08. The second-order valence-electron chi connectivity index (χ2n) is 6.43. The molecule has 0 N–H and O–H groups in total. The summed E-state index contributed by atoms with van der Waals surface area (Å²) < 4.78 is 11.3. The number of furan rings is 1. The summed E-state index contributed by atoms with van der Waals surface area (Å²) in [6.45, 7) is 3.93. The van der Waals surface area contributed by atoms with Gasteiger partial charge in [0, 0.05) is 28.7 Å². The van der Waals surface area contributed by atoms with Crippen LogP contribution < -0.4 is 0 Å². The molecule has 2 heterocycles. The van der Waals surface area contributed by atoms with E-state index in [1.54, 1.807) is 30.3 Å². The lowest BCUT2D eigenvalue weighted by molar-refractivity contribution is 0.104. The average molecular weight is 355 g/mol. The minimum absolute atomic E-state index is 0.116. The largest absolute Gasteiger partial charge is 0.437 e. The third kappa shape index (κ3) is 2.56. The first-order chi connectivity index (χ1) is 13.0. The van der Waals surface area contributed by atoms with Gasteiger partial charge in [-0.05, 0) is 11.6 Å². The number of aromatic nitrogens is 1. The van der Waals surface area contributed by atoms with Gasteiger partial charge in [0.25, 0.3) is 5.71 Å². The van der Waals surface area contributed by atoms with E-state index in [4.69, 9.17) is 8.83 Å². The van der Waals surface area contributed by atoms with Crippen molar-refractivity contribution in [2.75, 3.05) is 0 Å². The maximum atomic E-state index is 12.8. The molecule has 1 aliphatic rings. The van der Waals surface area contributed by atoms with E-state index >= 15 is 0 Å². The lowest BCUT2D eigenvalue weighted by Crippen LogP contribution is -1.95. The zero-order chi connectivity index (χ0) is 19.1. The number of carbonyl (C=O) groups is 1. The SMILES string of the molecule is CC(C)c1nc2oc(/C=C3\C(=O)c4ccccc4C3=C(C#N)C#N)cc2o1. The summed E-state index contributed by atoms with van der Waals surface area (Å²) in [7, 11) is 0. The Morgan fingerprint density at radius 3 is 2.48 bits per heavy atom. The topological polar surface area (TPSA) is 104 Å². The van der Waals surface area contributed by atoms with Crippen LogP contribution in [0.1, 0.15) is 47.3 Å². The molecule has 0 amide bonds. The van der Waals surface area contributed by atoms with Gasteiger partial charge in [-0.2, -0.15) is 15.5 Å². The van der Waals surface area contributed by atoms with Crippen LogP contribution in [0.5, 0.6) is 0 Å². The third-order valence-electron chi connectivity index (χ3n) is 4.33. The number of Topliss-reactive ketones (excluding diaryl/α,β-unsaturated/α-hetero) is 1. The summed E-state index contributed by atoms with van der Waals surface area (Å²) in [5, 5.41) is 18.7. The van der Waals surface area contributed by atoms with Gasteiger partial charge in [-0.3, -0.25) is 4.79 Å². The Kier molecular flexibility index (Phi) is 3.75. The Bertz CT molecular complexity index is 1190. The molecule has 1 aliphatic carbocycles. The number of hydrogen-bond donors (Lipinski definition) is 0. The minimum atomic E-state index is -0.257. The maximum Gasteiger partial charge on any atom is 0.266 e. The van der Waals surface area contributed by atoms with Crippen LogP contribution in [0.4, 0.5) is 0 Å². The number of oxazole rings is 1. The van der Waals surface area contributed by atoms with Crippen molar-refractivity contribution in [3.05, 3.63) is 64.3 Å². The van der Waals surface area contributed by atoms with Crippen molar-refractivity contribution >= 4 is 28.7 Å². The van der Waals surface area contributed by atoms with Gasteiger partial charge >= 0.3 is 0 Å². The van der Waals surface area contributed by atoms with Gasteiger partial charge in [0.1, 0.15) is 23.5 Å². The number of ketones is 1. The Labute approximate surface area is 154 Å². The van der Waals surface area contributed by atoms with Gasteiger partial charge in [-0.1, -0.05) is 38.1 Å². The summed E-state index contributed by atoms with van der Waals surface area (Å²) in [6, 6.07) is 12.3. The summed E-state index contributed by atoms with van der Waals surface area (Å²) in [4.78, 5) is 17.1. The molecular formula is C21H13N3O3. The summed E-state index contributed by atoms with van der Waals surface area (Å²) in [5.74, 6) is 0.815. The molecule has 0 saturated heterocycles. The van der Waals surface area contributed by atoms with E-state index in [2.05, 4.69) is 4.98 Å². The van der Waals surface area contributed by atoms with Crippen molar-refractivity contribution in [3.8, 4) is 12.1 Å². The van der Waals surface area contributed by atoms with Crippen LogP contribution >= 0.6 is 0 Å². The first-order valence-corrected chi connectivity index (χ1v) is 8.34. The molecule has 3 aromatic rings. The van der Waals surface area contributed by atoms with Gasteiger partial charge in [0.05, 0.1) is 0 Å². The van der Waals surface area contributed by atoms with Gasteiger partial charge in [0.2, 0.25) is 5.89 Å². The van der Waals surface area contributed by atoms with E-state index in [0.29, 0.717) is 39.6 Å². The summed E-state index contributed by atoms with van der Waals surface area (Å²) in [5.41, 5.74) is 2.31. The normalized spacial score (nSPS) is 14.6. The summed E-state index contributed by atoms with van der Waals surface area (Å²) in [6.07, 6.45) is 1.53. The number of fused-ring (bicyclic) bond motifs is 2. The third-order valence-corrected chi connectivity index (χ3v) is 4.33. The molecule has 0 aliphatic heterocycles. The molecule has 0 saturated carbocycles. The van der Waals surface area contributed by atoms with Crippen molar-refractivity contribution in [2.24, 2.45) is 0 Å². The van der Waals surface area contributed by atoms with Crippen LogP contribution in [0.3, 0.4) is 0 Å². The molecule has 4 rings (SSSR count). The zero-order valence-electron chi connectivity index (χ0n) is 14.6. The number of allylic oxidation sites excluding steroid dienone is 3. The lowest BCUT2D eigenvalue weighted by atomic mass is 9.99. The number of nitriles is 2. The molecule has 27 heavy (non-hydrogen) atoms. The predicted molar refractivity (Wildman–Crippen MR) is 97.3 cm³/mol. The highest BCUT2D eigenvalue weighted by molar-refractivity contribution is 6.29. The average Bonchev–Trinajstić information content (AvgIpc) is 3.29. The Balaban J connectivity index is 1.88. The zero-order valence-corrected chi connectivity index (χ0v) is 14.6. The number of hydrogen-bond acceptors (Lipinski definition) is 6. The molecule has 0 fully saturated rings. The molecule has 2 aromatic heterocycles. The van der Waals surface area contributed by atoms with Crippen LogP contribution in [0.25, 0.3) is 22.9 Å². The van der Waals surface area contributed by atoms with E-state index < -0.39 is 0 Å². The quantitative estimate of drug-likeness (QED) is 0.490. The first-order valence-electron chi connectivity index (χ1n) is 8.34. The standard InChI is InChI=1S/C21H13N3O3/c1-11(2)20-24-21-17(27-20)8-13(26-21)7-16-18(12(9-22)10-23)14-5-3-4-6-15(14)19(16)25/h3-8,11H,1-2H3/b16-7-. The van der Waals surface area contributed by atoms with Crippen molar-refractivity contribution in [2.45, 2.75) is 19.8 Å². The van der Waals surface area contributed by atoms with Crippen LogP contribution in [0.2, 0.25) is 0 Å². The number of rotatable bonds is 2. The second-order valence-corrected chi connectivity index (χ2v) is 6.43. The molecule has 0 unspecified atom stereocenters. The highest BCUT2D eigenvalue weighted by Crippen LogP contribution is 2.40. The van der Waals surface area contributed by atoms with Crippen LogP contribution in [0, 0.1) is 22.7 Å². The molecule has 0 bridgehead atoms. The minimum Gasteiger partial charge on any atom is -0.437 e. The number of carbonyl (C=O) groups excluding carboxylic acids is 1. The lowest BCUT2D eigenvalue weighted by Gasteiger charge is -2.00. The van der Waals surface area contributed by atoms with Crippen LogP contribution in [0.15, 0.2) is 50.3 Å². The van der Waals surface area contributed by atoms with Crippen molar-refractivity contribution in [1.29, 1.82) is 10.5 Å². The Hall–Kier alpha value is -3.90. The molecule has 6 heteroatoms. The van der Waals surface area contributed by atoms with Gasteiger partial charge in [-0.15, -0.1) is 0 Å². The van der Waals surface area contributed by atoms with Crippen molar-refractivity contribution < 1.29 is 13.6 Å². The molecule has 130 valence electrons. The number of nitrogens with zero attached hydrogens (tertiary/aromatic N) is 3. The highest BCUT2D eigenvalue weighted by atomic mass is 16.4. The Morgan fingerprint density at radius 2 is 1.85 bits per heavy atom. The number of benzene rings is 1. The van der Waals surface area contributed by atoms with Gasteiger partial charge in [0.15, 0.2) is 11.4 Å². The molecule has 1 aromatic carbocycles. The van der Waals surface area contributed by atoms with E-state index in [0.717, 1.165) is 0 Å². The molecular weight excluding hydrogens is 342 g/mol. The van der Waals surface area contributed by atoms with Crippen molar-refractivity contribution in [3.63, 3.8) is 0 Å². The van der Waals surface area contributed by atoms with E-state index in [9.17, 15) is 15.3 Å². The van der Waals surface area contributed by atoms with E-state index in [1.807, 2.05) is 26.0 Å². The maximum absolute atomic E-state index is 12.8. The summed E-state index contributed by atoms with van der Waals surface area (Å²) >= 11 is 0. The van der Waals surface area contributed by atoms with Crippen LogP contribution in [-0.4, -0.2) is 10.8 Å². The predicted octanol–water partition coefficient (Wildman–Crippen LogP) is 4.62. The molecule has 0 radical (unpaired) electrons. The fraction of sp³-hybridized carbons (Fsp3) is 0.143. The van der Waals surface area contributed by atoms with Crippen molar-refractivity contribution in [1.82, 2.24) is 4.98 Å². The monoisotopic (exact) mass is 355 g/mol. The Morgan fingerprint density at radius 1 is 1.15 bits per heavy atom.